The quantitative estimate of drug-likeness (QED) is 0.925. The Balaban J connectivity index is 1.40. The maximum absolute atomic E-state index is 12.5. The average molecular weight is 345 g/mol. The van der Waals surface area contributed by atoms with Crippen LogP contribution in [0.15, 0.2) is 24.5 Å². The number of piperidine rings is 1. The Bertz CT molecular complexity index is 677. The van der Waals surface area contributed by atoms with Gasteiger partial charge < -0.3 is 10.2 Å². The van der Waals surface area contributed by atoms with Crippen LogP contribution in [-0.4, -0.2) is 39.8 Å². The minimum absolute atomic E-state index is 0.0679. The van der Waals surface area contributed by atoms with E-state index < -0.39 is 0 Å². The normalized spacial score (nSPS) is 22.0. The lowest BCUT2D eigenvalue weighted by Gasteiger charge is -2.32. The minimum atomic E-state index is 0.0679. The number of amides is 1. The molecule has 1 atom stereocenters. The highest BCUT2D eigenvalue weighted by atomic mass is 32.1. The standard InChI is InChI=1S/C17H23N5OS/c23-15(18-14-7-1-2-8-14)13-6-5-11-22(12-13)17-20-19-16(24-17)21-9-3-4-10-21/h3-4,9-10,13-14H,1-2,5-8,11-12H2,(H,18,23). The summed E-state index contributed by atoms with van der Waals surface area (Å²) in [6, 6.07) is 4.35. The van der Waals surface area contributed by atoms with Crippen LogP contribution in [0.3, 0.4) is 0 Å². The first kappa shape index (κ1) is 15.6. The van der Waals surface area contributed by atoms with Gasteiger partial charge in [-0.15, -0.1) is 10.2 Å². The third-order valence-electron chi connectivity index (χ3n) is 4.99. The van der Waals surface area contributed by atoms with E-state index >= 15 is 0 Å². The topological polar surface area (TPSA) is 63.1 Å². The predicted octanol–water partition coefficient (Wildman–Crippen LogP) is 2.60. The van der Waals surface area contributed by atoms with E-state index in [1.165, 1.54) is 12.8 Å². The fourth-order valence-corrected chi connectivity index (χ4v) is 4.50. The van der Waals surface area contributed by atoms with Crippen LogP contribution in [0.1, 0.15) is 38.5 Å². The second-order valence-corrected chi connectivity index (χ2v) is 7.67. The monoisotopic (exact) mass is 345 g/mol. The molecule has 1 aliphatic carbocycles. The van der Waals surface area contributed by atoms with Crippen molar-refractivity contribution in [3.8, 4) is 5.13 Å². The summed E-state index contributed by atoms with van der Waals surface area (Å²) >= 11 is 1.58. The number of hydrogen-bond donors (Lipinski definition) is 1. The molecule has 1 aliphatic heterocycles. The van der Waals surface area contributed by atoms with Gasteiger partial charge in [0.05, 0.1) is 5.92 Å². The molecule has 4 rings (SSSR count). The molecule has 3 heterocycles. The first-order valence-corrected chi connectivity index (χ1v) is 9.63. The molecule has 1 N–H and O–H groups in total. The van der Waals surface area contributed by atoms with Crippen LogP contribution in [0.2, 0.25) is 0 Å². The van der Waals surface area contributed by atoms with Crippen LogP contribution in [0.5, 0.6) is 0 Å². The number of carbonyl (C=O) groups is 1. The molecule has 1 saturated heterocycles. The number of nitrogens with zero attached hydrogens (tertiary/aromatic N) is 4. The predicted molar refractivity (Wildman–Crippen MR) is 94.6 cm³/mol. The van der Waals surface area contributed by atoms with Crippen LogP contribution in [0.25, 0.3) is 5.13 Å². The summed E-state index contributed by atoms with van der Waals surface area (Å²) in [5.41, 5.74) is 0. The van der Waals surface area contributed by atoms with Crippen molar-refractivity contribution >= 4 is 22.4 Å². The number of rotatable bonds is 4. The lowest BCUT2D eigenvalue weighted by molar-refractivity contribution is -0.125. The van der Waals surface area contributed by atoms with Crippen molar-refractivity contribution in [2.75, 3.05) is 18.0 Å². The number of carbonyl (C=O) groups excluding carboxylic acids is 1. The van der Waals surface area contributed by atoms with Crippen molar-refractivity contribution in [3.63, 3.8) is 0 Å². The number of hydrogen-bond acceptors (Lipinski definition) is 5. The third-order valence-corrected chi connectivity index (χ3v) is 5.99. The Morgan fingerprint density at radius 2 is 1.83 bits per heavy atom. The van der Waals surface area contributed by atoms with Crippen molar-refractivity contribution in [2.45, 2.75) is 44.6 Å². The van der Waals surface area contributed by atoms with Gasteiger partial charge in [-0.3, -0.25) is 9.36 Å². The molecule has 0 spiro atoms. The molecular weight excluding hydrogens is 322 g/mol. The van der Waals surface area contributed by atoms with Gasteiger partial charge in [0.25, 0.3) is 0 Å². The van der Waals surface area contributed by atoms with Gasteiger partial charge in [0, 0.05) is 31.5 Å². The Morgan fingerprint density at radius 3 is 2.62 bits per heavy atom. The largest absolute Gasteiger partial charge is 0.353 e. The molecule has 24 heavy (non-hydrogen) atoms. The van der Waals surface area contributed by atoms with Gasteiger partial charge in [0.1, 0.15) is 0 Å². The molecular formula is C17H23N5OS. The summed E-state index contributed by atoms with van der Waals surface area (Å²) in [6.45, 7) is 1.70. The van der Waals surface area contributed by atoms with Gasteiger partial charge in [-0.05, 0) is 37.8 Å². The smallest absolute Gasteiger partial charge is 0.225 e. The molecule has 6 nitrogen and oxygen atoms in total. The van der Waals surface area contributed by atoms with Crippen LogP contribution in [-0.2, 0) is 4.79 Å². The van der Waals surface area contributed by atoms with Crippen LogP contribution < -0.4 is 10.2 Å². The molecule has 0 bridgehead atoms. The second-order valence-electron chi connectivity index (χ2n) is 6.73. The van der Waals surface area contributed by atoms with Crippen molar-refractivity contribution in [2.24, 2.45) is 5.92 Å². The molecule has 128 valence electrons. The molecule has 7 heteroatoms. The van der Waals surface area contributed by atoms with Gasteiger partial charge in [-0.1, -0.05) is 24.2 Å². The van der Waals surface area contributed by atoms with Crippen LogP contribution in [0, 0.1) is 5.92 Å². The Hall–Kier alpha value is -1.89. The summed E-state index contributed by atoms with van der Waals surface area (Å²) in [5.74, 6) is 0.292. The average Bonchev–Trinajstić information content (AvgIpc) is 3.36. The molecule has 2 fully saturated rings. The van der Waals surface area contributed by atoms with E-state index in [-0.39, 0.29) is 11.8 Å². The molecule has 2 aromatic heterocycles. The van der Waals surface area contributed by atoms with Gasteiger partial charge in [-0.2, -0.15) is 0 Å². The van der Waals surface area contributed by atoms with E-state index in [0.29, 0.717) is 6.04 Å². The Morgan fingerprint density at radius 1 is 1.08 bits per heavy atom. The molecule has 2 aromatic rings. The molecule has 0 radical (unpaired) electrons. The van der Waals surface area contributed by atoms with Crippen molar-refractivity contribution in [1.29, 1.82) is 0 Å². The Labute approximate surface area is 145 Å². The van der Waals surface area contributed by atoms with E-state index in [0.717, 1.165) is 49.0 Å². The summed E-state index contributed by atoms with van der Waals surface area (Å²) in [7, 11) is 0. The zero-order chi connectivity index (χ0) is 16.4. The number of anilines is 1. The highest BCUT2D eigenvalue weighted by Crippen LogP contribution is 2.28. The summed E-state index contributed by atoms with van der Waals surface area (Å²) < 4.78 is 1.97. The highest BCUT2D eigenvalue weighted by molar-refractivity contribution is 7.17. The molecule has 2 aliphatic rings. The molecule has 1 unspecified atom stereocenters. The van der Waals surface area contributed by atoms with E-state index in [1.54, 1.807) is 11.3 Å². The van der Waals surface area contributed by atoms with Crippen LogP contribution >= 0.6 is 11.3 Å². The zero-order valence-corrected chi connectivity index (χ0v) is 14.5. The van der Waals surface area contributed by atoms with Crippen molar-refractivity contribution in [3.05, 3.63) is 24.5 Å². The van der Waals surface area contributed by atoms with E-state index in [9.17, 15) is 4.79 Å². The zero-order valence-electron chi connectivity index (χ0n) is 13.7. The van der Waals surface area contributed by atoms with Crippen LogP contribution in [0.4, 0.5) is 5.13 Å². The first-order chi connectivity index (χ1) is 11.8. The number of aromatic nitrogens is 3. The third kappa shape index (κ3) is 3.31. The SMILES string of the molecule is O=C(NC1CCCC1)C1CCCN(c2nnc(-n3cccc3)s2)C1. The lowest BCUT2D eigenvalue weighted by Crippen LogP contribution is -2.45. The first-order valence-electron chi connectivity index (χ1n) is 8.82. The van der Waals surface area contributed by atoms with Gasteiger partial charge >= 0.3 is 0 Å². The van der Waals surface area contributed by atoms with E-state index in [4.69, 9.17) is 0 Å². The summed E-state index contributed by atoms with van der Waals surface area (Å²) in [4.78, 5) is 14.8. The summed E-state index contributed by atoms with van der Waals surface area (Å²) in [6.07, 6.45) is 10.7. The summed E-state index contributed by atoms with van der Waals surface area (Å²) in [5, 5.41) is 13.6. The maximum Gasteiger partial charge on any atom is 0.225 e. The van der Waals surface area contributed by atoms with Crippen molar-refractivity contribution < 1.29 is 4.79 Å². The fraction of sp³-hybridized carbons (Fsp3) is 0.588. The second kappa shape index (κ2) is 6.93. The van der Waals surface area contributed by atoms with Gasteiger partial charge in [0.15, 0.2) is 0 Å². The Kier molecular flexibility index (Phi) is 4.51. The number of nitrogens with one attached hydrogen (secondary N) is 1. The van der Waals surface area contributed by atoms with E-state index in [2.05, 4.69) is 20.4 Å². The highest BCUT2D eigenvalue weighted by Gasteiger charge is 2.29. The molecule has 1 amide bonds. The molecule has 1 saturated carbocycles. The van der Waals surface area contributed by atoms with Gasteiger partial charge in [0.2, 0.25) is 16.2 Å². The molecule has 0 aromatic carbocycles. The van der Waals surface area contributed by atoms with Gasteiger partial charge in [-0.25, -0.2) is 0 Å². The van der Waals surface area contributed by atoms with E-state index in [1.807, 2.05) is 29.1 Å². The minimum Gasteiger partial charge on any atom is -0.353 e. The maximum atomic E-state index is 12.5. The lowest BCUT2D eigenvalue weighted by atomic mass is 9.97. The van der Waals surface area contributed by atoms with Crippen molar-refractivity contribution in [1.82, 2.24) is 20.1 Å². The fourth-order valence-electron chi connectivity index (χ4n) is 3.66.